The first-order valence-electron chi connectivity index (χ1n) is 5.25. The summed E-state index contributed by atoms with van der Waals surface area (Å²) in [5.74, 6) is -0.325. The Labute approximate surface area is 93.5 Å². The standard InChI is InChI=1S/C11H14FN3O/c1-8-5-15(7-11(16)14-8)6-9-2-3-13-4-10(9)12/h2-4,8H,5-7H2,1H3,(H,14,16). The average molecular weight is 223 g/mol. The summed E-state index contributed by atoms with van der Waals surface area (Å²) >= 11 is 0. The van der Waals surface area contributed by atoms with Gasteiger partial charge in [-0.05, 0) is 13.0 Å². The Hall–Kier alpha value is -1.49. The number of carbonyl (C=O) groups is 1. The summed E-state index contributed by atoms with van der Waals surface area (Å²) < 4.78 is 13.3. The van der Waals surface area contributed by atoms with Crippen LogP contribution in [0, 0.1) is 5.82 Å². The molecule has 0 bridgehead atoms. The van der Waals surface area contributed by atoms with E-state index in [4.69, 9.17) is 0 Å². The molecule has 16 heavy (non-hydrogen) atoms. The Kier molecular flexibility index (Phi) is 3.14. The van der Waals surface area contributed by atoms with Crippen molar-refractivity contribution in [2.75, 3.05) is 13.1 Å². The van der Waals surface area contributed by atoms with Gasteiger partial charge in [0.1, 0.15) is 5.82 Å². The summed E-state index contributed by atoms with van der Waals surface area (Å²) in [6.07, 6.45) is 2.76. The highest BCUT2D eigenvalue weighted by molar-refractivity contribution is 5.79. The lowest BCUT2D eigenvalue weighted by Crippen LogP contribution is -2.52. The van der Waals surface area contributed by atoms with E-state index in [0.717, 1.165) is 6.54 Å². The molecule has 1 N–H and O–H groups in total. The van der Waals surface area contributed by atoms with Crippen LogP contribution in [-0.4, -0.2) is 34.9 Å². The van der Waals surface area contributed by atoms with Crippen molar-refractivity contribution < 1.29 is 9.18 Å². The SMILES string of the molecule is CC1CN(Cc2ccncc2F)CC(=O)N1. The van der Waals surface area contributed by atoms with Crippen molar-refractivity contribution in [3.63, 3.8) is 0 Å². The van der Waals surface area contributed by atoms with Crippen LogP contribution in [0.3, 0.4) is 0 Å². The van der Waals surface area contributed by atoms with Gasteiger partial charge in [-0.1, -0.05) is 0 Å². The number of nitrogens with zero attached hydrogens (tertiary/aromatic N) is 2. The molecule has 0 saturated carbocycles. The maximum atomic E-state index is 13.3. The van der Waals surface area contributed by atoms with E-state index in [1.807, 2.05) is 11.8 Å². The molecule has 1 aromatic rings. The lowest BCUT2D eigenvalue weighted by atomic mass is 10.2. The molecule has 0 aromatic carbocycles. The number of carbonyl (C=O) groups excluding carboxylic acids is 1. The predicted octanol–water partition coefficient (Wildman–Crippen LogP) is 0.541. The van der Waals surface area contributed by atoms with Crippen molar-refractivity contribution in [1.82, 2.24) is 15.2 Å². The van der Waals surface area contributed by atoms with Crippen molar-refractivity contribution in [3.8, 4) is 0 Å². The molecule has 0 radical (unpaired) electrons. The van der Waals surface area contributed by atoms with Crippen LogP contribution in [-0.2, 0) is 11.3 Å². The van der Waals surface area contributed by atoms with Crippen LogP contribution in [0.2, 0.25) is 0 Å². The highest BCUT2D eigenvalue weighted by atomic mass is 19.1. The third-order valence-corrected chi connectivity index (χ3v) is 2.56. The minimum Gasteiger partial charge on any atom is -0.351 e. The fraction of sp³-hybridized carbons (Fsp3) is 0.455. The van der Waals surface area contributed by atoms with Gasteiger partial charge in [-0.25, -0.2) is 4.39 Å². The molecule has 2 heterocycles. The number of pyridine rings is 1. The lowest BCUT2D eigenvalue weighted by Gasteiger charge is -2.31. The van der Waals surface area contributed by atoms with Gasteiger partial charge in [0.05, 0.1) is 12.7 Å². The van der Waals surface area contributed by atoms with E-state index in [9.17, 15) is 9.18 Å². The van der Waals surface area contributed by atoms with Gasteiger partial charge < -0.3 is 5.32 Å². The third kappa shape index (κ3) is 2.55. The molecule has 1 aromatic heterocycles. The van der Waals surface area contributed by atoms with Crippen molar-refractivity contribution in [1.29, 1.82) is 0 Å². The summed E-state index contributed by atoms with van der Waals surface area (Å²) in [5.41, 5.74) is 0.580. The second-order valence-electron chi connectivity index (χ2n) is 4.11. The third-order valence-electron chi connectivity index (χ3n) is 2.56. The van der Waals surface area contributed by atoms with Crippen molar-refractivity contribution in [2.24, 2.45) is 0 Å². The number of hydrogen-bond donors (Lipinski definition) is 1. The highest BCUT2D eigenvalue weighted by Gasteiger charge is 2.21. The number of hydrogen-bond acceptors (Lipinski definition) is 3. The fourth-order valence-corrected chi connectivity index (χ4v) is 1.91. The molecule has 1 fully saturated rings. The van der Waals surface area contributed by atoms with Gasteiger partial charge in [0.25, 0.3) is 0 Å². The molecular formula is C11H14FN3O. The Morgan fingerprint density at radius 2 is 2.50 bits per heavy atom. The zero-order valence-corrected chi connectivity index (χ0v) is 9.11. The minimum atomic E-state index is -0.318. The second-order valence-corrected chi connectivity index (χ2v) is 4.11. The minimum absolute atomic E-state index is 0.00628. The van der Waals surface area contributed by atoms with Crippen molar-refractivity contribution in [3.05, 3.63) is 29.8 Å². The van der Waals surface area contributed by atoms with E-state index in [-0.39, 0.29) is 17.8 Å². The van der Waals surface area contributed by atoms with Crippen molar-refractivity contribution in [2.45, 2.75) is 19.5 Å². The predicted molar refractivity (Wildman–Crippen MR) is 57.1 cm³/mol. The van der Waals surface area contributed by atoms with E-state index < -0.39 is 0 Å². The number of amides is 1. The number of nitrogens with one attached hydrogen (secondary N) is 1. The molecule has 86 valence electrons. The van der Waals surface area contributed by atoms with Crippen LogP contribution in [0.5, 0.6) is 0 Å². The molecule has 0 spiro atoms. The molecule has 2 rings (SSSR count). The van der Waals surface area contributed by atoms with Crippen LogP contribution in [0.25, 0.3) is 0 Å². The first-order valence-corrected chi connectivity index (χ1v) is 5.25. The van der Waals surface area contributed by atoms with Gasteiger partial charge in [-0.15, -0.1) is 0 Å². The molecule has 1 aliphatic rings. The van der Waals surface area contributed by atoms with Gasteiger partial charge in [0.15, 0.2) is 0 Å². The largest absolute Gasteiger partial charge is 0.351 e. The maximum absolute atomic E-state index is 13.3. The molecular weight excluding hydrogens is 209 g/mol. The van der Waals surface area contributed by atoms with Gasteiger partial charge in [-0.2, -0.15) is 0 Å². The van der Waals surface area contributed by atoms with Crippen LogP contribution < -0.4 is 5.32 Å². The van der Waals surface area contributed by atoms with Crippen LogP contribution in [0.4, 0.5) is 4.39 Å². The molecule has 5 heteroatoms. The number of aromatic nitrogens is 1. The fourth-order valence-electron chi connectivity index (χ4n) is 1.91. The first-order chi connectivity index (χ1) is 7.65. The molecule has 1 aliphatic heterocycles. The quantitative estimate of drug-likeness (QED) is 0.796. The summed E-state index contributed by atoms with van der Waals surface area (Å²) in [6, 6.07) is 1.76. The molecule has 0 aliphatic carbocycles. The van der Waals surface area contributed by atoms with Crippen LogP contribution >= 0.6 is 0 Å². The number of piperazine rings is 1. The summed E-state index contributed by atoms with van der Waals surface area (Å²) in [7, 11) is 0. The lowest BCUT2D eigenvalue weighted by molar-refractivity contribution is -0.125. The zero-order chi connectivity index (χ0) is 11.5. The average Bonchev–Trinajstić information content (AvgIpc) is 2.20. The normalized spacial score (nSPS) is 21.9. The van der Waals surface area contributed by atoms with Crippen LogP contribution in [0.1, 0.15) is 12.5 Å². The number of rotatable bonds is 2. The first kappa shape index (κ1) is 11.0. The van der Waals surface area contributed by atoms with E-state index in [2.05, 4.69) is 10.3 Å². The van der Waals surface area contributed by atoms with Gasteiger partial charge in [0.2, 0.25) is 5.91 Å². The number of halogens is 1. The Balaban J connectivity index is 2.04. The Morgan fingerprint density at radius 3 is 3.19 bits per heavy atom. The van der Waals surface area contributed by atoms with Crippen molar-refractivity contribution >= 4 is 5.91 Å². The topological polar surface area (TPSA) is 45.2 Å². The molecule has 1 atom stereocenters. The molecule has 1 saturated heterocycles. The summed E-state index contributed by atoms with van der Waals surface area (Å²) in [6.45, 7) is 3.46. The Bertz CT molecular complexity index is 397. The van der Waals surface area contributed by atoms with E-state index in [0.29, 0.717) is 18.7 Å². The van der Waals surface area contributed by atoms with E-state index >= 15 is 0 Å². The van der Waals surface area contributed by atoms with Gasteiger partial charge in [-0.3, -0.25) is 14.7 Å². The monoisotopic (exact) mass is 223 g/mol. The van der Waals surface area contributed by atoms with Gasteiger partial charge >= 0.3 is 0 Å². The van der Waals surface area contributed by atoms with E-state index in [1.54, 1.807) is 12.3 Å². The second kappa shape index (κ2) is 4.57. The highest BCUT2D eigenvalue weighted by Crippen LogP contribution is 2.10. The van der Waals surface area contributed by atoms with Gasteiger partial charge in [0, 0.05) is 30.9 Å². The van der Waals surface area contributed by atoms with Crippen LogP contribution in [0.15, 0.2) is 18.5 Å². The summed E-state index contributed by atoms with van der Waals surface area (Å²) in [5, 5.41) is 2.82. The zero-order valence-electron chi connectivity index (χ0n) is 9.11. The smallest absolute Gasteiger partial charge is 0.234 e. The summed E-state index contributed by atoms with van der Waals surface area (Å²) in [4.78, 5) is 16.9. The molecule has 4 nitrogen and oxygen atoms in total. The van der Waals surface area contributed by atoms with E-state index in [1.165, 1.54) is 6.20 Å². The molecule has 1 unspecified atom stereocenters. The Morgan fingerprint density at radius 1 is 1.69 bits per heavy atom. The maximum Gasteiger partial charge on any atom is 0.234 e. The molecule has 1 amide bonds.